The maximum Gasteiger partial charge on any atom is 2.00 e. The van der Waals surface area contributed by atoms with Gasteiger partial charge in [0.25, 0.3) is 0 Å². The van der Waals surface area contributed by atoms with Crippen LogP contribution in [0.4, 0.5) is 0 Å². The summed E-state index contributed by atoms with van der Waals surface area (Å²) in [6.07, 6.45) is 3.70. The first-order valence-corrected chi connectivity index (χ1v) is 47.5. The Morgan fingerprint density at radius 2 is 0.611 bits per heavy atom. The molecule has 0 spiro atoms. The Morgan fingerprint density at radius 1 is 0.236 bits per heavy atom. The molecule has 2 aliphatic rings. The van der Waals surface area contributed by atoms with E-state index in [-0.39, 0.29) is 63.2 Å². The molecule has 0 unspecified atom stereocenters. The van der Waals surface area contributed by atoms with Gasteiger partial charge >= 0.3 is 63.2 Å². The number of hydrogen-bond donors (Lipinski definition) is 0. The van der Waals surface area contributed by atoms with Crippen molar-refractivity contribution in [3.63, 3.8) is 0 Å². The number of imidazole rings is 6. The Morgan fingerprint density at radius 3 is 1.11 bits per heavy atom. The van der Waals surface area contributed by atoms with Gasteiger partial charge in [0.05, 0.1) is 101 Å². The van der Waals surface area contributed by atoms with Crippen LogP contribution in [0.1, 0.15) is 22.3 Å². The van der Waals surface area contributed by atoms with Gasteiger partial charge in [-0.25, -0.2) is 4.98 Å². The van der Waals surface area contributed by atoms with Crippen LogP contribution in [0.5, 0.6) is 0 Å². The first kappa shape index (κ1) is 89.0. The molecule has 0 atom stereocenters. The van der Waals surface area contributed by atoms with Gasteiger partial charge in [-0.1, -0.05) is 186 Å². The molecule has 0 saturated heterocycles. The second-order valence-corrected chi connectivity index (χ2v) is 37.0. The molecule has 0 saturated carbocycles. The van der Waals surface area contributed by atoms with E-state index in [0.29, 0.717) is 0 Å². The van der Waals surface area contributed by atoms with Crippen molar-refractivity contribution < 1.29 is 63.2 Å². The smallest absolute Gasteiger partial charge is 0.367 e. The van der Waals surface area contributed by atoms with Gasteiger partial charge in [-0.15, -0.1) is 161 Å². The Balaban J connectivity index is 0.000000112. The summed E-state index contributed by atoms with van der Waals surface area (Å²) < 4.78 is 19.7. The zero-order chi connectivity index (χ0) is 93.7. The Kier molecular flexibility index (Phi) is 21.7. The zero-order valence-electron chi connectivity index (χ0n) is 78.7. The summed E-state index contributed by atoms with van der Waals surface area (Å²) >= 11 is 0. The number of benzene rings is 18. The molecule has 16 nitrogen and oxygen atoms in total. The summed E-state index contributed by atoms with van der Waals surface area (Å²) in [5, 5.41) is 9.49. The van der Waals surface area contributed by atoms with Crippen molar-refractivity contribution in [3.05, 3.63) is 423 Å². The number of aromatic nitrogens is 16. The van der Waals surface area contributed by atoms with Crippen molar-refractivity contribution in [2.24, 2.45) is 42.3 Å². The molecule has 0 amide bonds. The third-order valence-corrected chi connectivity index (χ3v) is 29.1. The summed E-state index contributed by atoms with van der Waals surface area (Å²) in [5.41, 5.74) is 40.0. The molecule has 144 heavy (non-hydrogen) atoms. The summed E-state index contributed by atoms with van der Waals surface area (Å²) in [7, 11) is 12.4. The molecule has 10 aromatic heterocycles. The first-order chi connectivity index (χ1) is 69.4. The number of pyridine rings is 1. The van der Waals surface area contributed by atoms with Crippen molar-refractivity contribution in [2.45, 2.75) is 12.8 Å². The van der Waals surface area contributed by atoms with Crippen molar-refractivity contribution in [1.29, 1.82) is 0 Å². The maximum atomic E-state index is 5.17. The molecule has 19 heteroatoms. The van der Waals surface area contributed by atoms with Crippen molar-refractivity contribution in [1.82, 2.24) is 76.0 Å². The Bertz CT molecular complexity index is 10200. The van der Waals surface area contributed by atoms with E-state index < -0.39 is 0 Å². The van der Waals surface area contributed by atoms with Crippen LogP contribution < -0.4 is 0 Å². The van der Waals surface area contributed by atoms with Gasteiger partial charge in [0.15, 0.2) is 0 Å². The van der Waals surface area contributed by atoms with Crippen LogP contribution in [-0.4, -0.2) is 76.0 Å². The van der Waals surface area contributed by atoms with Gasteiger partial charge in [0.1, 0.15) is 5.65 Å². The first-order valence-electron chi connectivity index (χ1n) is 47.5. The molecule has 18 aromatic carbocycles. The number of rotatable bonds is 10. The third kappa shape index (κ3) is 14.1. The van der Waals surface area contributed by atoms with Gasteiger partial charge < -0.3 is 41.1 Å². The molecule has 0 bridgehead atoms. The summed E-state index contributed by atoms with van der Waals surface area (Å²) in [4.78, 5) is 35.0. The largest absolute Gasteiger partial charge is 2.00 e. The minimum Gasteiger partial charge on any atom is -0.367 e. The van der Waals surface area contributed by atoms with E-state index in [0.717, 1.165) is 214 Å². The second kappa shape index (κ2) is 35.1. The minimum atomic E-state index is 0. The van der Waals surface area contributed by atoms with Gasteiger partial charge in [-0.2, -0.15) is 0 Å². The molecule has 692 valence electrons. The van der Waals surface area contributed by atoms with Crippen LogP contribution >= 0.6 is 0 Å². The quantitative estimate of drug-likeness (QED) is 0.124. The van der Waals surface area contributed by atoms with Gasteiger partial charge in [0.2, 0.25) is 0 Å². The SMILES string of the molecule is Cn1c(-c2[c-]c(-n3c4[c-]c(-c5nc6cc(-c7ccc8ccccc8c7)ccc6n5C)ccc4c4cccnc43)ccc2)nc2ccccc21.Cn1c(-c2[c-]c(-n3c4[c-]c(-c5nc6ccccc6n5C)ccc4c4c5c(ccc43)-c3ccccc3C5)ccc2)nc2ccccc21.Cn1c(-c2[c-]c(-n3c4[c-]c(-c5nc6ccccc6n5C)ccc4c4c5c(ccc43)Cc3ccccc3-5)ccc2)nc2ccccc21.[Pt+2].[Pt+2].[Pt+2]. The van der Waals surface area contributed by atoms with Crippen molar-refractivity contribution in [2.75, 3.05) is 0 Å². The Hall–Kier alpha value is -16.3. The molecular weight excluding hydrogens is 2310 g/mol. The Labute approximate surface area is 870 Å². The summed E-state index contributed by atoms with van der Waals surface area (Å²) in [6, 6.07) is 148. The van der Waals surface area contributed by atoms with Gasteiger partial charge in [-0.05, 0) is 226 Å². The van der Waals surface area contributed by atoms with Crippen LogP contribution in [0, 0.1) is 36.4 Å². The van der Waals surface area contributed by atoms with E-state index >= 15 is 0 Å². The van der Waals surface area contributed by atoms with Crippen molar-refractivity contribution >= 4 is 143 Å². The molecule has 30 rings (SSSR count). The fraction of sp³-hybridized carbons (Fsp3) is 0.0640. The fourth-order valence-corrected chi connectivity index (χ4v) is 22.3. The average Bonchev–Trinajstić information content (AvgIpc) is 1.56. The van der Waals surface area contributed by atoms with Crippen LogP contribution in [-0.2, 0) is 118 Å². The van der Waals surface area contributed by atoms with E-state index in [2.05, 4.69) is 429 Å². The van der Waals surface area contributed by atoms with E-state index in [1.165, 1.54) is 82.4 Å². The summed E-state index contributed by atoms with van der Waals surface area (Å²) in [5.74, 6) is 5.30. The van der Waals surface area contributed by atoms with Crippen LogP contribution in [0.3, 0.4) is 0 Å². The minimum absolute atomic E-state index is 0. The molecule has 10 heterocycles. The van der Waals surface area contributed by atoms with Crippen LogP contribution in [0.2, 0.25) is 0 Å². The number of nitrogens with zero attached hydrogens (tertiary/aromatic N) is 16. The molecular formula is C125H82N16Pt3. The van der Waals surface area contributed by atoms with E-state index in [1.54, 1.807) is 0 Å². The molecule has 0 aliphatic heterocycles. The van der Waals surface area contributed by atoms with Gasteiger partial charge in [-0.3, -0.25) is 29.9 Å². The van der Waals surface area contributed by atoms with E-state index in [4.69, 9.17) is 34.9 Å². The third-order valence-electron chi connectivity index (χ3n) is 29.1. The molecule has 28 aromatic rings. The van der Waals surface area contributed by atoms with E-state index in [9.17, 15) is 0 Å². The number of hydrogen-bond acceptors (Lipinski definition) is 7. The number of fused-ring (bicyclic) bond motifs is 24. The van der Waals surface area contributed by atoms with Crippen LogP contribution in [0.15, 0.2) is 364 Å². The van der Waals surface area contributed by atoms with Gasteiger partial charge in [0, 0.05) is 59.5 Å². The zero-order valence-corrected chi connectivity index (χ0v) is 85.5. The topological polar surface area (TPSA) is 135 Å². The number of para-hydroxylation sites is 10. The van der Waals surface area contributed by atoms with E-state index in [1.807, 2.05) is 54.7 Å². The predicted molar refractivity (Wildman–Crippen MR) is 571 cm³/mol. The second-order valence-electron chi connectivity index (χ2n) is 37.0. The molecule has 0 radical (unpaired) electrons. The normalized spacial score (nSPS) is 12.0. The predicted octanol–water partition coefficient (Wildman–Crippen LogP) is 27.8. The summed E-state index contributed by atoms with van der Waals surface area (Å²) in [6.45, 7) is 0. The fourth-order valence-electron chi connectivity index (χ4n) is 22.3. The maximum absolute atomic E-state index is 5.17. The standard InChI is InChI=1S/C43H28N6.2C41H27N5.3Pt/c1-47-38-15-6-5-14-36(38)45-41(47)31-11-7-12-33(24-31)49-40-26-32(18-20-34(40)35-13-8-22-44-43(35)49)42-46-37-25-30(19-21-39(37)48(42)2)29-17-16-27-9-3-4-10-28(27)23-29;1-44-34-16-7-5-14-32(34)42-40(44)27-11-9-12-29(23-27)46-36-21-19-26-22-25-10-3-4-13-30(25)38(26)39(36)31-20-18-28(24-37(31)46)41-43-33-15-6-8-17-35(33)45(41)2;1-44-35-16-7-5-14-33(35)42-40(44)26-11-9-12-28(22-26)46-37-21-20-30-29-13-4-3-10-25(29)23-32(30)39(37)31-19-18-27(24-38(31)46)41-43-34-15-6-8-17-36(34)45(41)2;;;/h3-23,25H,1-2H3;3-21H,22H2,1-2H3;3-21H,23H2,1-2H3;;;/q3*-2;3*+2. The monoisotopic (exact) mass is 2390 g/mol. The molecule has 0 N–H and O–H groups in total. The molecule has 0 fully saturated rings. The average molecular weight is 2390 g/mol. The van der Waals surface area contributed by atoms with Crippen molar-refractivity contribution in [3.8, 4) is 119 Å². The van der Waals surface area contributed by atoms with Crippen LogP contribution in [0.25, 0.3) is 261 Å². The molecule has 2 aliphatic carbocycles. The number of aryl methyl sites for hydroxylation is 6.